The molecule has 12 N–H and O–H groups in total. The summed E-state index contributed by atoms with van der Waals surface area (Å²) in [6.07, 6.45) is -1.67. The van der Waals surface area contributed by atoms with E-state index < -0.39 is 66.4 Å². The number of nitrogens with one attached hydrogen (secondary N) is 2. The van der Waals surface area contributed by atoms with Crippen molar-refractivity contribution in [3.05, 3.63) is 22.2 Å². The molecular formula is C31H56N7O20P3S2. The van der Waals surface area contributed by atoms with E-state index in [9.17, 15) is 37.9 Å². The van der Waals surface area contributed by atoms with E-state index in [1.165, 1.54) is 17.0 Å². The molecule has 2 rings (SSSR count). The zero-order valence-electron chi connectivity index (χ0n) is 34.4. The van der Waals surface area contributed by atoms with Gasteiger partial charge in [-0.2, -0.15) is 13.6 Å². The summed E-state index contributed by atoms with van der Waals surface area (Å²) < 4.78 is 85.1. The Morgan fingerprint density at radius 2 is 1.63 bits per heavy atom. The van der Waals surface area contributed by atoms with E-state index in [1.807, 2.05) is 13.8 Å². The number of phosphoric ester groups is 1. The number of hydrogen-bond acceptors (Lipinski definition) is 22. The molecule has 1 saturated heterocycles. The summed E-state index contributed by atoms with van der Waals surface area (Å²) in [7, 11) is -13.7. The lowest BCUT2D eigenvalue weighted by molar-refractivity contribution is -0.0601. The van der Waals surface area contributed by atoms with Crippen molar-refractivity contribution < 1.29 is 89.2 Å². The van der Waals surface area contributed by atoms with Gasteiger partial charge in [-0.05, 0) is 33.1 Å². The third kappa shape index (κ3) is 25.8. The normalized spacial score (nSPS) is 18.4. The van der Waals surface area contributed by atoms with Crippen LogP contribution in [0, 0.1) is 11.8 Å². The van der Waals surface area contributed by atoms with Crippen molar-refractivity contribution in [2.24, 2.45) is 11.5 Å². The van der Waals surface area contributed by atoms with Crippen LogP contribution in [0.15, 0.2) is 11.0 Å². The fourth-order valence-corrected chi connectivity index (χ4v) is 10.0. The number of ether oxygens (including phenoxy) is 7. The lowest BCUT2D eigenvalue weighted by Gasteiger charge is -2.22. The fourth-order valence-electron chi connectivity index (χ4n) is 4.74. The lowest BCUT2D eigenvalue weighted by atomic mass is 10.1. The van der Waals surface area contributed by atoms with Gasteiger partial charge in [-0.3, -0.25) is 9.09 Å². The Balaban J connectivity index is 1.67. The molecule has 2 heterocycles. The number of alkyl carbamates (subject to hydrolysis) is 2. The van der Waals surface area contributed by atoms with Gasteiger partial charge in [0.1, 0.15) is 24.1 Å². The molecule has 362 valence electrons. The van der Waals surface area contributed by atoms with Crippen LogP contribution < -0.4 is 33.5 Å². The summed E-state index contributed by atoms with van der Waals surface area (Å²) in [6, 6.07) is 0. The number of nitrogen functional groups attached to an aromatic ring is 1. The molecule has 1 aliphatic heterocycles. The highest BCUT2D eigenvalue weighted by Crippen LogP contribution is 2.66. The van der Waals surface area contributed by atoms with Gasteiger partial charge in [-0.15, -0.1) is 0 Å². The van der Waals surface area contributed by atoms with Gasteiger partial charge >= 0.3 is 41.3 Å². The summed E-state index contributed by atoms with van der Waals surface area (Å²) in [4.78, 5) is 77.0. The second-order valence-electron chi connectivity index (χ2n) is 13.2. The second kappa shape index (κ2) is 29.3. The van der Waals surface area contributed by atoms with Gasteiger partial charge in [0, 0.05) is 37.1 Å². The number of nitrogens with zero attached hydrogens (tertiary/aromatic N) is 2. The maximum Gasteiger partial charge on any atom is 0.490 e. The van der Waals surface area contributed by atoms with Crippen LogP contribution in [0.3, 0.4) is 0 Å². The largest absolute Gasteiger partial charge is 0.490 e. The molecule has 0 spiro atoms. The summed E-state index contributed by atoms with van der Waals surface area (Å²) in [5.41, 5.74) is 15.9. The number of nitrogens with two attached hydrogens (primary N) is 3. The number of phosphoric acid groups is 3. The maximum absolute atomic E-state index is 12.7. The molecule has 0 aliphatic carbocycles. The van der Waals surface area contributed by atoms with Crippen LogP contribution in [0.25, 0.3) is 0 Å². The fraction of sp³-hybridized carbons (Fsp3) is 0.742. The molecule has 3 unspecified atom stereocenters. The topological polar surface area (TPSA) is 396 Å². The predicted octanol–water partition coefficient (Wildman–Crippen LogP) is 0.858. The van der Waals surface area contributed by atoms with Crippen molar-refractivity contribution in [3.63, 3.8) is 0 Å². The van der Waals surface area contributed by atoms with E-state index in [2.05, 4.69) is 40.6 Å². The zero-order chi connectivity index (χ0) is 46.9. The zero-order valence-corrected chi connectivity index (χ0v) is 38.8. The number of anilines is 1. The highest BCUT2D eigenvalue weighted by atomic mass is 33.1. The van der Waals surface area contributed by atoms with E-state index >= 15 is 0 Å². The number of rotatable bonds is 31. The molecule has 0 aromatic carbocycles. The quantitative estimate of drug-likeness (QED) is 0.0164. The Hall–Kier alpha value is -2.39. The average Bonchev–Trinajstić information content (AvgIpc) is 3.57. The molecule has 27 nitrogen and oxygen atoms in total. The van der Waals surface area contributed by atoms with Gasteiger partial charge in [0.15, 0.2) is 0 Å². The van der Waals surface area contributed by atoms with E-state index in [4.69, 9.17) is 60.1 Å². The Bertz CT molecular complexity index is 1840. The van der Waals surface area contributed by atoms with Crippen LogP contribution in [0.5, 0.6) is 0 Å². The first kappa shape index (κ1) is 56.7. The van der Waals surface area contributed by atoms with Crippen molar-refractivity contribution in [3.8, 4) is 11.8 Å². The van der Waals surface area contributed by atoms with Gasteiger partial charge < -0.3 is 80.6 Å². The molecule has 5 atom stereocenters. The first-order valence-corrected chi connectivity index (χ1v) is 25.7. The maximum atomic E-state index is 12.7. The summed E-state index contributed by atoms with van der Waals surface area (Å²) in [5.74, 6) is 5.53. The van der Waals surface area contributed by atoms with Crippen LogP contribution in [-0.2, 0) is 60.0 Å². The monoisotopic (exact) mass is 1000 g/mol. The number of carbonyl (C=O) groups is 2. The van der Waals surface area contributed by atoms with E-state index in [0.717, 1.165) is 4.57 Å². The molecule has 1 aliphatic rings. The highest BCUT2D eigenvalue weighted by Gasteiger charge is 2.43. The summed E-state index contributed by atoms with van der Waals surface area (Å²) in [5, 5.41) is 5.09. The molecular weight excluding hydrogens is 947 g/mol. The van der Waals surface area contributed by atoms with Gasteiger partial charge in [-0.1, -0.05) is 33.4 Å². The molecule has 0 radical (unpaired) electrons. The van der Waals surface area contributed by atoms with Crippen LogP contribution in [0.1, 0.15) is 51.3 Å². The molecule has 63 heavy (non-hydrogen) atoms. The standard InChI is InChI=1S/C31H56N7O20P3S2/c1-31(2,7-13-53-30(41)36-10-15-50-17-16-49-14-8-32)63-62-22-51-11-3-4-12-52-29(40)35-9-5-6-23-19-38(28(39)37-27(23)34)26-18-24(54-21-33)25(56-26)20-55-60(45,46)58-61(47,48)57-59(42,43)44/h19,24-26H,3-4,7-18,20-22,32-33H2,1-2H3,(H,35,40)(H,36,41)(H,45,46)(H,47,48)(H2,34,37,39)(H2,42,43,44)/t24-,25?,26-/m1/s1. The number of aromatic nitrogens is 2. The van der Waals surface area contributed by atoms with Gasteiger partial charge in [0.05, 0.1) is 71.2 Å². The minimum Gasteiger partial charge on any atom is -0.450 e. The minimum atomic E-state index is -5.76. The van der Waals surface area contributed by atoms with Crippen LogP contribution >= 0.6 is 45.1 Å². The van der Waals surface area contributed by atoms with E-state index in [-0.39, 0.29) is 49.0 Å². The van der Waals surface area contributed by atoms with Gasteiger partial charge in [-0.25, -0.2) is 28.1 Å². The van der Waals surface area contributed by atoms with E-state index in [1.54, 1.807) is 10.8 Å². The Kier molecular flexibility index (Phi) is 26.4. The van der Waals surface area contributed by atoms with E-state index in [0.29, 0.717) is 71.3 Å². The minimum absolute atomic E-state index is 0.0648. The molecule has 2 amide bonds. The molecule has 1 aromatic rings. The summed E-state index contributed by atoms with van der Waals surface area (Å²) in [6.45, 7) is 5.96. The molecule has 1 fully saturated rings. The molecule has 32 heteroatoms. The number of unbranched alkanes of at least 4 members (excludes halogenated alkanes) is 1. The smallest absolute Gasteiger partial charge is 0.450 e. The van der Waals surface area contributed by atoms with Crippen molar-refractivity contribution in [2.45, 2.75) is 62.7 Å². The third-order valence-corrected chi connectivity index (χ3v) is 14.4. The highest BCUT2D eigenvalue weighted by molar-refractivity contribution is 8.77. The Morgan fingerprint density at radius 3 is 2.33 bits per heavy atom. The average molecular weight is 1000 g/mol. The molecule has 0 bridgehead atoms. The first-order chi connectivity index (χ1) is 29.7. The predicted molar refractivity (Wildman–Crippen MR) is 225 cm³/mol. The SMILES string of the molecule is CC(C)(CCOC(=O)NCCOCCOCCN)SSCOCCCCOC(=O)NCC#Cc1cn([C@H]2C[C@@H](OCN)C(COP(=O)(O)OP(=O)(O)OP(=O)(O)O)O2)c(=O)nc1N. The lowest BCUT2D eigenvalue weighted by Crippen LogP contribution is -2.31. The number of amides is 2. The van der Waals surface area contributed by atoms with Crippen LogP contribution in [0.2, 0.25) is 0 Å². The third-order valence-electron chi connectivity index (χ3n) is 7.56. The van der Waals surface area contributed by atoms with Crippen molar-refractivity contribution in [1.82, 2.24) is 20.2 Å². The van der Waals surface area contributed by atoms with Gasteiger partial charge in [0.2, 0.25) is 0 Å². The van der Waals surface area contributed by atoms with Crippen molar-refractivity contribution >= 4 is 63.1 Å². The summed E-state index contributed by atoms with van der Waals surface area (Å²) >= 11 is 0. The Labute approximate surface area is 370 Å². The molecule has 0 saturated carbocycles. The number of hydrogen-bond donors (Lipinski definition) is 9. The van der Waals surface area contributed by atoms with Crippen LogP contribution in [0.4, 0.5) is 15.4 Å². The van der Waals surface area contributed by atoms with Crippen molar-refractivity contribution in [1.29, 1.82) is 0 Å². The van der Waals surface area contributed by atoms with Crippen LogP contribution in [-0.4, -0.2) is 143 Å². The molecule has 1 aromatic heterocycles. The Morgan fingerprint density at radius 1 is 0.952 bits per heavy atom. The van der Waals surface area contributed by atoms with Gasteiger partial charge in [0.25, 0.3) is 0 Å². The first-order valence-electron chi connectivity index (χ1n) is 18.8. The van der Waals surface area contributed by atoms with Crippen molar-refractivity contribution in [2.75, 3.05) is 90.9 Å². The second-order valence-corrected chi connectivity index (χ2v) is 20.5. The number of carbonyl (C=O) groups excluding carboxylic acids is 2.